The van der Waals surface area contributed by atoms with Crippen molar-refractivity contribution < 1.29 is 13.2 Å². The summed E-state index contributed by atoms with van der Waals surface area (Å²) in [6.45, 7) is 0.343. The van der Waals surface area contributed by atoms with Crippen LogP contribution in [0.1, 0.15) is 5.56 Å². The molecular formula is C22H18FN3O3S. The van der Waals surface area contributed by atoms with Crippen LogP contribution >= 0.6 is 0 Å². The molecule has 30 heavy (non-hydrogen) atoms. The second kappa shape index (κ2) is 8.66. The van der Waals surface area contributed by atoms with Gasteiger partial charge in [-0.05, 0) is 48.4 Å². The van der Waals surface area contributed by atoms with Gasteiger partial charge < -0.3 is 0 Å². The molecule has 0 aliphatic carbocycles. The number of hydrogen-bond donors (Lipinski definition) is 2. The van der Waals surface area contributed by atoms with E-state index in [4.69, 9.17) is 4.55 Å². The van der Waals surface area contributed by atoms with Crippen molar-refractivity contribution in [3.63, 3.8) is 0 Å². The molecule has 3 aromatic carbocycles. The molecule has 1 atom stereocenters. The predicted octanol–water partition coefficient (Wildman–Crippen LogP) is 3.46. The van der Waals surface area contributed by atoms with Crippen molar-refractivity contribution in [1.82, 2.24) is 14.5 Å². The second-order valence-electron chi connectivity index (χ2n) is 6.68. The van der Waals surface area contributed by atoms with Crippen molar-refractivity contribution >= 4 is 22.0 Å². The van der Waals surface area contributed by atoms with Gasteiger partial charge in [0.15, 0.2) is 0 Å². The first-order valence-corrected chi connectivity index (χ1v) is 10.4. The second-order valence-corrected chi connectivity index (χ2v) is 7.47. The molecule has 0 fully saturated rings. The molecule has 0 saturated heterocycles. The third-order valence-corrected chi connectivity index (χ3v) is 5.17. The van der Waals surface area contributed by atoms with Crippen LogP contribution in [0.5, 0.6) is 0 Å². The van der Waals surface area contributed by atoms with Crippen LogP contribution in [-0.4, -0.2) is 25.1 Å². The zero-order valence-electron chi connectivity index (χ0n) is 15.8. The molecule has 1 heterocycles. The molecule has 0 amide bonds. The first kappa shape index (κ1) is 20.1. The van der Waals surface area contributed by atoms with Crippen molar-refractivity contribution in [2.75, 3.05) is 6.54 Å². The van der Waals surface area contributed by atoms with Crippen molar-refractivity contribution in [2.45, 2.75) is 6.42 Å². The summed E-state index contributed by atoms with van der Waals surface area (Å²) in [4.78, 5) is 13.0. The first-order valence-electron chi connectivity index (χ1n) is 9.24. The van der Waals surface area contributed by atoms with Crippen LogP contribution in [0.2, 0.25) is 0 Å². The Balaban J connectivity index is 1.85. The van der Waals surface area contributed by atoms with Gasteiger partial charge in [0, 0.05) is 17.5 Å². The predicted molar refractivity (Wildman–Crippen MR) is 115 cm³/mol. The number of halogens is 1. The van der Waals surface area contributed by atoms with Crippen LogP contribution in [0.25, 0.3) is 27.7 Å². The fourth-order valence-corrected chi connectivity index (χ4v) is 3.59. The maximum Gasteiger partial charge on any atom is 0.279 e. The molecule has 1 aromatic heterocycles. The van der Waals surface area contributed by atoms with Gasteiger partial charge in [0.05, 0.1) is 16.8 Å². The van der Waals surface area contributed by atoms with Crippen LogP contribution in [0.4, 0.5) is 4.39 Å². The largest absolute Gasteiger partial charge is 0.294 e. The maximum absolute atomic E-state index is 13.3. The smallest absolute Gasteiger partial charge is 0.279 e. The summed E-state index contributed by atoms with van der Waals surface area (Å²) in [5.74, 6) is -0.391. The minimum Gasteiger partial charge on any atom is -0.294 e. The van der Waals surface area contributed by atoms with Crippen LogP contribution < -0.4 is 10.3 Å². The van der Waals surface area contributed by atoms with Gasteiger partial charge >= 0.3 is 0 Å². The molecule has 0 bridgehead atoms. The lowest BCUT2D eigenvalue weighted by atomic mass is 10.0. The summed E-state index contributed by atoms with van der Waals surface area (Å²) in [6, 6.07) is 20.5. The molecule has 0 radical (unpaired) electrons. The van der Waals surface area contributed by atoms with E-state index in [1.165, 1.54) is 28.9 Å². The third-order valence-electron chi connectivity index (χ3n) is 4.72. The number of benzene rings is 3. The van der Waals surface area contributed by atoms with E-state index in [2.05, 4.69) is 9.82 Å². The Labute approximate surface area is 174 Å². The summed E-state index contributed by atoms with van der Waals surface area (Å²) in [5, 5.41) is 5.82. The Morgan fingerprint density at radius 2 is 1.73 bits per heavy atom. The normalized spacial score (nSPS) is 12.2. The highest BCUT2D eigenvalue weighted by Gasteiger charge is 2.13. The zero-order valence-corrected chi connectivity index (χ0v) is 16.6. The van der Waals surface area contributed by atoms with Crippen LogP contribution in [0.3, 0.4) is 0 Å². The average molecular weight is 423 g/mol. The number of rotatable bonds is 6. The minimum atomic E-state index is -2.05. The summed E-state index contributed by atoms with van der Waals surface area (Å²) < 4.78 is 36.7. The van der Waals surface area contributed by atoms with E-state index in [1.807, 2.05) is 36.4 Å². The van der Waals surface area contributed by atoms with Gasteiger partial charge in [-0.1, -0.05) is 36.4 Å². The van der Waals surface area contributed by atoms with Crippen LogP contribution in [0.15, 0.2) is 77.6 Å². The van der Waals surface area contributed by atoms with Gasteiger partial charge in [-0.3, -0.25) is 9.35 Å². The zero-order chi connectivity index (χ0) is 21.1. The number of nitrogens with one attached hydrogen (secondary N) is 1. The monoisotopic (exact) mass is 423 g/mol. The molecule has 6 nitrogen and oxygen atoms in total. The highest BCUT2D eigenvalue weighted by molar-refractivity contribution is 7.77. The Morgan fingerprint density at radius 3 is 2.47 bits per heavy atom. The van der Waals surface area contributed by atoms with E-state index in [0.717, 1.165) is 11.1 Å². The van der Waals surface area contributed by atoms with Crippen molar-refractivity contribution in [1.29, 1.82) is 0 Å². The molecule has 8 heteroatoms. The number of nitrogens with zero attached hydrogens (tertiary/aromatic N) is 2. The first-order chi connectivity index (χ1) is 14.5. The minimum absolute atomic E-state index is 0.285. The fourth-order valence-electron chi connectivity index (χ4n) is 3.32. The van der Waals surface area contributed by atoms with E-state index >= 15 is 0 Å². The molecule has 1 unspecified atom stereocenters. The molecule has 0 saturated carbocycles. The average Bonchev–Trinajstić information content (AvgIpc) is 2.75. The van der Waals surface area contributed by atoms with Crippen LogP contribution in [-0.2, 0) is 17.7 Å². The number of hydrogen-bond acceptors (Lipinski definition) is 3. The van der Waals surface area contributed by atoms with Gasteiger partial charge in [-0.15, -0.1) is 0 Å². The molecule has 0 aliphatic heterocycles. The van der Waals surface area contributed by atoms with Gasteiger partial charge in [-0.2, -0.15) is 9.78 Å². The van der Waals surface area contributed by atoms with E-state index in [-0.39, 0.29) is 5.56 Å². The highest BCUT2D eigenvalue weighted by atomic mass is 32.2. The van der Waals surface area contributed by atoms with E-state index in [9.17, 15) is 13.4 Å². The molecule has 2 N–H and O–H groups in total. The fraction of sp³-hybridized carbons (Fsp3) is 0.0909. The van der Waals surface area contributed by atoms with Crippen molar-refractivity contribution in [3.8, 4) is 16.9 Å². The molecule has 4 aromatic rings. The Kier molecular flexibility index (Phi) is 5.80. The molecule has 0 spiro atoms. The Bertz CT molecular complexity index is 1290. The van der Waals surface area contributed by atoms with Crippen LogP contribution in [0, 0.1) is 5.82 Å². The number of fused-ring (bicyclic) bond motifs is 1. The lowest BCUT2D eigenvalue weighted by molar-refractivity contribution is 0.549. The van der Waals surface area contributed by atoms with Crippen molar-refractivity contribution in [2.24, 2.45) is 0 Å². The lowest BCUT2D eigenvalue weighted by Gasteiger charge is -2.12. The van der Waals surface area contributed by atoms with Crippen molar-refractivity contribution in [3.05, 3.63) is 94.5 Å². The van der Waals surface area contributed by atoms with Gasteiger partial charge in [0.25, 0.3) is 5.56 Å². The Hall–Kier alpha value is -3.20. The molecule has 152 valence electrons. The summed E-state index contributed by atoms with van der Waals surface area (Å²) >= 11 is -2.05. The SMILES string of the molecule is O=c1c2ccccc2c(-c2cccc(CCNS(=O)O)c2)nn1-c1ccc(F)cc1. The van der Waals surface area contributed by atoms with Gasteiger partial charge in [-0.25, -0.2) is 13.3 Å². The van der Waals surface area contributed by atoms with Gasteiger partial charge in [0.2, 0.25) is 11.3 Å². The maximum atomic E-state index is 13.3. The molecule has 4 rings (SSSR count). The quantitative estimate of drug-likeness (QED) is 0.465. The summed E-state index contributed by atoms with van der Waals surface area (Å²) in [6.07, 6.45) is 0.551. The lowest BCUT2D eigenvalue weighted by Crippen LogP contribution is -2.22. The Morgan fingerprint density at radius 1 is 1.00 bits per heavy atom. The van der Waals surface area contributed by atoms with E-state index < -0.39 is 17.1 Å². The summed E-state index contributed by atoms with van der Waals surface area (Å²) in [7, 11) is 0. The molecule has 0 aliphatic rings. The van der Waals surface area contributed by atoms with E-state index in [0.29, 0.717) is 35.1 Å². The number of aromatic nitrogens is 2. The third kappa shape index (κ3) is 4.20. The van der Waals surface area contributed by atoms with Gasteiger partial charge in [0.1, 0.15) is 5.82 Å². The standard InChI is InChI=1S/C22H18FN3O3S/c23-17-8-10-18(11-9-17)26-22(27)20-7-2-1-6-19(20)21(25-26)16-5-3-4-15(14-16)12-13-24-30(28)29/h1-11,14,24H,12-13H2,(H,28,29). The van der Waals surface area contributed by atoms with E-state index in [1.54, 1.807) is 12.1 Å². The summed E-state index contributed by atoms with van der Waals surface area (Å²) in [5.41, 5.74) is 2.57. The highest BCUT2D eigenvalue weighted by Crippen LogP contribution is 2.26. The topological polar surface area (TPSA) is 84.2 Å². The molecular weight excluding hydrogens is 405 g/mol.